The first-order valence-corrected chi connectivity index (χ1v) is 9.60. The molecule has 24 heavy (non-hydrogen) atoms. The normalized spacial score (nSPS) is 17.6. The molecule has 6 heteroatoms. The minimum atomic E-state index is 0.374. The SMILES string of the molecule is Cc1sc2nc(CN3CCOCC3)nc(N[C@@H](C)C(C)C)c2c1C. The van der Waals surface area contributed by atoms with Crippen molar-refractivity contribution in [2.24, 2.45) is 5.92 Å². The molecule has 132 valence electrons. The Morgan fingerprint density at radius 3 is 2.54 bits per heavy atom. The molecule has 0 aliphatic carbocycles. The zero-order valence-electron chi connectivity index (χ0n) is 15.3. The highest BCUT2D eigenvalue weighted by molar-refractivity contribution is 7.18. The predicted molar refractivity (Wildman–Crippen MR) is 101 cm³/mol. The minimum Gasteiger partial charge on any atom is -0.379 e. The molecule has 1 atom stereocenters. The maximum Gasteiger partial charge on any atom is 0.146 e. The summed E-state index contributed by atoms with van der Waals surface area (Å²) in [6.07, 6.45) is 0. The van der Waals surface area contributed by atoms with Gasteiger partial charge >= 0.3 is 0 Å². The molecule has 2 aromatic rings. The topological polar surface area (TPSA) is 50.3 Å². The number of hydrogen-bond acceptors (Lipinski definition) is 6. The first-order valence-electron chi connectivity index (χ1n) is 8.79. The Morgan fingerprint density at radius 1 is 1.17 bits per heavy atom. The molecule has 2 aromatic heterocycles. The first kappa shape index (κ1) is 17.6. The second-order valence-electron chi connectivity index (χ2n) is 7.02. The monoisotopic (exact) mass is 348 g/mol. The van der Waals surface area contributed by atoms with Crippen molar-refractivity contribution in [2.45, 2.75) is 47.2 Å². The molecule has 3 heterocycles. The van der Waals surface area contributed by atoms with Gasteiger partial charge in [0, 0.05) is 24.0 Å². The zero-order chi connectivity index (χ0) is 17.3. The number of aromatic nitrogens is 2. The average molecular weight is 349 g/mol. The van der Waals surface area contributed by atoms with Crippen LogP contribution in [0.3, 0.4) is 0 Å². The number of morpholine rings is 1. The molecule has 3 rings (SSSR count). The molecule has 0 aromatic carbocycles. The van der Waals surface area contributed by atoms with E-state index >= 15 is 0 Å². The Kier molecular flexibility index (Phi) is 5.37. The van der Waals surface area contributed by atoms with E-state index in [9.17, 15) is 0 Å². The summed E-state index contributed by atoms with van der Waals surface area (Å²) >= 11 is 1.77. The third kappa shape index (κ3) is 3.71. The third-order valence-electron chi connectivity index (χ3n) is 4.91. The molecule has 0 amide bonds. The fourth-order valence-electron chi connectivity index (χ4n) is 2.81. The number of nitrogens with one attached hydrogen (secondary N) is 1. The highest BCUT2D eigenvalue weighted by Gasteiger charge is 2.19. The van der Waals surface area contributed by atoms with Crippen molar-refractivity contribution in [2.75, 3.05) is 31.6 Å². The second-order valence-corrected chi connectivity index (χ2v) is 8.22. The molecule has 0 bridgehead atoms. The Labute approximate surface area is 148 Å². The highest BCUT2D eigenvalue weighted by atomic mass is 32.1. The van der Waals surface area contributed by atoms with Crippen LogP contribution in [0, 0.1) is 19.8 Å². The van der Waals surface area contributed by atoms with E-state index in [-0.39, 0.29) is 0 Å². The van der Waals surface area contributed by atoms with Crippen molar-refractivity contribution < 1.29 is 4.74 Å². The Morgan fingerprint density at radius 2 is 1.88 bits per heavy atom. The van der Waals surface area contributed by atoms with Gasteiger partial charge in [0.15, 0.2) is 0 Å². The lowest BCUT2D eigenvalue weighted by Gasteiger charge is -2.26. The van der Waals surface area contributed by atoms with Crippen LogP contribution in [0.2, 0.25) is 0 Å². The van der Waals surface area contributed by atoms with E-state index in [2.05, 4.69) is 44.8 Å². The van der Waals surface area contributed by atoms with Crippen LogP contribution in [-0.4, -0.2) is 47.2 Å². The lowest BCUT2D eigenvalue weighted by Crippen LogP contribution is -2.36. The van der Waals surface area contributed by atoms with Crippen LogP contribution in [0.25, 0.3) is 10.2 Å². The number of hydrogen-bond donors (Lipinski definition) is 1. The van der Waals surface area contributed by atoms with Gasteiger partial charge < -0.3 is 10.1 Å². The predicted octanol–water partition coefficient (Wildman–Crippen LogP) is 3.60. The number of ether oxygens (including phenoxy) is 1. The number of anilines is 1. The largest absolute Gasteiger partial charge is 0.379 e. The molecular weight excluding hydrogens is 320 g/mol. The summed E-state index contributed by atoms with van der Waals surface area (Å²) in [5, 5.41) is 4.82. The molecule has 0 spiro atoms. The van der Waals surface area contributed by atoms with E-state index in [1.54, 1.807) is 11.3 Å². The number of rotatable bonds is 5. The molecule has 0 unspecified atom stereocenters. The molecule has 1 aliphatic rings. The van der Waals surface area contributed by atoms with E-state index in [0.29, 0.717) is 12.0 Å². The fraction of sp³-hybridized carbons (Fsp3) is 0.667. The number of thiophene rings is 1. The zero-order valence-corrected chi connectivity index (χ0v) is 16.2. The molecule has 5 nitrogen and oxygen atoms in total. The van der Waals surface area contributed by atoms with Crippen molar-refractivity contribution in [1.29, 1.82) is 0 Å². The van der Waals surface area contributed by atoms with E-state index in [1.165, 1.54) is 15.8 Å². The van der Waals surface area contributed by atoms with Crippen molar-refractivity contribution in [1.82, 2.24) is 14.9 Å². The van der Waals surface area contributed by atoms with E-state index < -0.39 is 0 Å². The Bertz CT molecular complexity index is 707. The van der Waals surface area contributed by atoms with Gasteiger partial charge in [-0.05, 0) is 32.3 Å². The summed E-state index contributed by atoms with van der Waals surface area (Å²) in [5.74, 6) is 2.45. The first-order chi connectivity index (χ1) is 11.5. The third-order valence-corrected chi connectivity index (χ3v) is 6.01. The van der Waals surface area contributed by atoms with Crippen LogP contribution < -0.4 is 5.32 Å². The van der Waals surface area contributed by atoms with Crippen molar-refractivity contribution in [3.63, 3.8) is 0 Å². The van der Waals surface area contributed by atoms with Crippen LogP contribution in [0.5, 0.6) is 0 Å². The number of fused-ring (bicyclic) bond motifs is 1. The summed E-state index contributed by atoms with van der Waals surface area (Å²) in [4.78, 5) is 14.5. The van der Waals surface area contributed by atoms with E-state index in [1.807, 2.05) is 0 Å². The van der Waals surface area contributed by atoms with E-state index in [0.717, 1.165) is 49.3 Å². The summed E-state index contributed by atoms with van der Waals surface area (Å²) < 4.78 is 5.44. The standard InChI is InChI=1S/C18H28N4OS/c1-11(2)13(4)19-17-16-12(3)14(5)24-18(16)21-15(20-17)10-22-6-8-23-9-7-22/h11,13H,6-10H2,1-5H3,(H,19,20,21)/t13-/m0/s1. The number of nitrogens with zero attached hydrogens (tertiary/aromatic N) is 3. The maximum absolute atomic E-state index is 5.44. The lowest BCUT2D eigenvalue weighted by molar-refractivity contribution is 0.0331. The van der Waals surface area contributed by atoms with Crippen molar-refractivity contribution >= 4 is 27.4 Å². The van der Waals surface area contributed by atoms with Gasteiger partial charge in [0.25, 0.3) is 0 Å². The molecule has 1 aliphatic heterocycles. The summed E-state index contributed by atoms with van der Waals surface area (Å²) in [6.45, 7) is 15.3. The number of aryl methyl sites for hydroxylation is 2. The Balaban J connectivity index is 1.95. The summed E-state index contributed by atoms with van der Waals surface area (Å²) in [5.41, 5.74) is 1.30. The van der Waals surface area contributed by atoms with Gasteiger partial charge in [0.1, 0.15) is 16.5 Å². The highest BCUT2D eigenvalue weighted by Crippen LogP contribution is 2.34. The molecule has 0 saturated carbocycles. The molecule has 1 saturated heterocycles. The average Bonchev–Trinajstić information content (AvgIpc) is 2.83. The van der Waals surface area contributed by atoms with Gasteiger partial charge in [-0.15, -0.1) is 11.3 Å². The van der Waals surface area contributed by atoms with E-state index in [4.69, 9.17) is 14.7 Å². The van der Waals surface area contributed by atoms with Crippen molar-refractivity contribution in [3.05, 3.63) is 16.3 Å². The van der Waals surface area contributed by atoms with Gasteiger partial charge in [-0.3, -0.25) is 4.90 Å². The molecule has 0 radical (unpaired) electrons. The van der Waals surface area contributed by atoms with Crippen LogP contribution in [-0.2, 0) is 11.3 Å². The Hall–Kier alpha value is -1.24. The van der Waals surface area contributed by atoms with Crippen LogP contribution in [0.15, 0.2) is 0 Å². The van der Waals surface area contributed by atoms with Gasteiger partial charge in [-0.1, -0.05) is 13.8 Å². The fourth-order valence-corrected chi connectivity index (χ4v) is 3.86. The van der Waals surface area contributed by atoms with Crippen molar-refractivity contribution in [3.8, 4) is 0 Å². The van der Waals surface area contributed by atoms with Crippen LogP contribution in [0.1, 0.15) is 37.0 Å². The molecule has 1 N–H and O–H groups in total. The van der Waals surface area contributed by atoms with Gasteiger partial charge in [0.05, 0.1) is 25.1 Å². The van der Waals surface area contributed by atoms with Crippen LogP contribution in [0.4, 0.5) is 5.82 Å². The van der Waals surface area contributed by atoms with Gasteiger partial charge in [-0.25, -0.2) is 9.97 Å². The lowest BCUT2D eigenvalue weighted by atomic mass is 10.1. The summed E-state index contributed by atoms with van der Waals surface area (Å²) in [7, 11) is 0. The quantitative estimate of drug-likeness (QED) is 0.895. The molecular formula is C18H28N4OS. The summed E-state index contributed by atoms with van der Waals surface area (Å²) in [6, 6.07) is 0.374. The molecule has 1 fully saturated rings. The van der Waals surface area contributed by atoms with Crippen LogP contribution >= 0.6 is 11.3 Å². The van der Waals surface area contributed by atoms with Gasteiger partial charge in [-0.2, -0.15) is 0 Å². The smallest absolute Gasteiger partial charge is 0.146 e. The minimum absolute atomic E-state index is 0.374. The maximum atomic E-state index is 5.44. The second kappa shape index (κ2) is 7.33. The van der Waals surface area contributed by atoms with Gasteiger partial charge in [0.2, 0.25) is 0 Å².